The second kappa shape index (κ2) is 5.89. The fraction of sp³-hybridized carbons (Fsp3) is 0.143. The molecule has 0 heterocycles. The minimum atomic E-state index is -5.30. The number of nitro benzene ring substituents is 2. The van der Waals surface area contributed by atoms with Crippen molar-refractivity contribution in [2.75, 3.05) is 0 Å². The molecule has 2 aromatic rings. The van der Waals surface area contributed by atoms with Gasteiger partial charge in [0.25, 0.3) is 11.4 Å². The zero-order valence-electron chi connectivity index (χ0n) is 11.7. The van der Waals surface area contributed by atoms with Crippen LogP contribution in [0.15, 0.2) is 48.5 Å². The van der Waals surface area contributed by atoms with Crippen molar-refractivity contribution in [3.63, 3.8) is 0 Å². The summed E-state index contributed by atoms with van der Waals surface area (Å²) >= 11 is 0. The van der Waals surface area contributed by atoms with Gasteiger partial charge in [-0.25, -0.2) is 0 Å². The molecular formula is C14H9F3N2O5. The Bertz CT molecular complexity index is 792. The third kappa shape index (κ3) is 2.78. The van der Waals surface area contributed by atoms with Gasteiger partial charge in [-0.2, -0.15) is 13.2 Å². The third-order valence-electron chi connectivity index (χ3n) is 3.40. The average molecular weight is 342 g/mol. The summed E-state index contributed by atoms with van der Waals surface area (Å²) in [6.07, 6.45) is -5.30. The Balaban J connectivity index is 2.73. The van der Waals surface area contributed by atoms with Crippen LogP contribution in [0.4, 0.5) is 24.5 Å². The van der Waals surface area contributed by atoms with Crippen LogP contribution in [0.3, 0.4) is 0 Å². The summed E-state index contributed by atoms with van der Waals surface area (Å²) in [5.41, 5.74) is -6.83. The highest BCUT2D eigenvalue weighted by Crippen LogP contribution is 2.47. The maximum absolute atomic E-state index is 13.6. The van der Waals surface area contributed by atoms with Gasteiger partial charge in [0.2, 0.25) is 5.60 Å². The highest BCUT2D eigenvalue weighted by Gasteiger charge is 2.58. The minimum absolute atomic E-state index is 0.481. The third-order valence-corrected chi connectivity index (χ3v) is 3.40. The zero-order chi connectivity index (χ0) is 18.1. The van der Waals surface area contributed by atoms with E-state index in [0.29, 0.717) is 12.1 Å². The van der Waals surface area contributed by atoms with Gasteiger partial charge >= 0.3 is 6.18 Å². The maximum atomic E-state index is 13.6. The van der Waals surface area contributed by atoms with Crippen molar-refractivity contribution in [2.24, 2.45) is 0 Å². The second-order valence-corrected chi connectivity index (χ2v) is 4.79. The van der Waals surface area contributed by atoms with Crippen molar-refractivity contribution >= 4 is 11.4 Å². The highest BCUT2D eigenvalue weighted by molar-refractivity contribution is 5.51. The Morgan fingerprint density at radius 2 is 1.42 bits per heavy atom. The first-order valence-electron chi connectivity index (χ1n) is 6.37. The number of aliphatic hydroxyl groups is 1. The first-order chi connectivity index (χ1) is 11.1. The molecule has 0 aliphatic rings. The lowest BCUT2D eigenvalue weighted by atomic mass is 9.84. The Morgan fingerprint density at radius 3 is 1.88 bits per heavy atom. The quantitative estimate of drug-likeness (QED) is 0.678. The molecule has 24 heavy (non-hydrogen) atoms. The van der Waals surface area contributed by atoms with Gasteiger partial charge in [-0.15, -0.1) is 0 Å². The normalized spacial score (nSPS) is 14.0. The van der Waals surface area contributed by atoms with Crippen LogP contribution >= 0.6 is 0 Å². The molecular weight excluding hydrogens is 333 g/mol. The summed E-state index contributed by atoms with van der Waals surface area (Å²) in [7, 11) is 0. The van der Waals surface area contributed by atoms with Gasteiger partial charge in [0.05, 0.1) is 15.4 Å². The molecule has 0 aliphatic carbocycles. The molecule has 126 valence electrons. The maximum Gasteiger partial charge on any atom is 0.426 e. The van der Waals surface area contributed by atoms with E-state index in [4.69, 9.17) is 0 Å². The molecule has 0 aliphatic heterocycles. The summed E-state index contributed by atoms with van der Waals surface area (Å²) in [5, 5.41) is 32.0. The van der Waals surface area contributed by atoms with E-state index in [9.17, 15) is 38.5 Å². The van der Waals surface area contributed by atoms with Crippen molar-refractivity contribution in [1.29, 1.82) is 0 Å². The van der Waals surface area contributed by atoms with Crippen LogP contribution < -0.4 is 0 Å². The predicted octanol–water partition coefficient (Wildman–Crippen LogP) is 3.30. The number of hydrogen-bond acceptors (Lipinski definition) is 5. The number of benzene rings is 2. The van der Waals surface area contributed by atoms with Gasteiger partial charge < -0.3 is 5.11 Å². The first kappa shape index (κ1) is 17.3. The van der Waals surface area contributed by atoms with Gasteiger partial charge in [-0.1, -0.05) is 12.1 Å². The van der Waals surface area contributed by atoms with E-state index in [2.05, 4.69) is 0 Å². The van der Waals surface area contributed by atoms with Crippen molar-refractivity contribution in [3.05, 3.63) is 79.9 Å². The number of alkyl halides is 3. The molecule has 10 heteroatoms. The van der Waals surface area contributed by atoms with Crippen LogP contribution in [0, 0.1) is 20.2 Å². The molecule has 0 spiro atoms. The number of hydrogen-bond donors (Lipinski definition) is 1. The van der Waals surface area contributed by atoms with Crippen LogP contribution in [-0.2, 0) is 5.60 Å². The van der Waals surface area contributed by atoms with E-state index in [-0.39, 0.29) is 0 Å². The van der Waals surface area contributed by atoms with Crippen LogP contribution in [0.5, 0.6) is 0 Å². The van der Waals surface area contributed by atoms with E-state index in [0.717, 1.165) is 36.4 Å². The van der Waals surface area contributed by atoms with Crippen LogP contribution in [0.1, 0.15) is 11.1 Å². The van der Waals surface area contributed by atoms with Crippen LogP contribution in [0.2, 0.25) is 0 Å². The summed E-state index contributed by atoms with van der Waals surface area (Å²) < 4.78 is 40.7. The lowest BCUT2D eigenvalue weighted by Crippen LogP contribution is -2.43. The van der Waals surface area contributed by atoms with E-state index >= 15 is 0 Å². The Kier molecular flexibility index (Phi) is 4.26. The fourth-order valence-corrected chi connectivity index (χ4v) is 2.24. The van der Waals surface area contributed by atoms with Crippen LogP contribution in [0.25, 0.3) is 0 Å². The molecule has 0 amide bonds. The second-order valence-electron chi connectivity index (χ2n) is 4.79. The molecule has 0 fully saturated rings. The predicted molar refractivity (Wildman–Crippen MR) is 75.2 cm³/mol. The molecule has 1 N–H and O–H groups in total. The van der Waals surface area contributed by atoms with Crippen molar-refractivity contribution < 1.29 is 28.1 Å². The first-order valence-corrected chi connectivity index (χ1v) is 6.37. The van der Waals surface area contributed by atoms with E-state index in [1.165, 1.54) is 0 Å². The smallest absolute Gasteiger partial charge is 0.372 e. The van der Waals surface area contributed by atoms with Gasteiger partial charge in [0, 0.05) is 18.2 Å². The number of non-ortho nitro benzene ring substituents is 1. The molecule has 2 aromatic carbocycles. The fourth-order valence-electron chi connectivity index (χ4n) is 2.24. The Hall–Kier alpha value is -3.01. The number of rotatable bonds is 4. The number of para-hydroxylation sites is 1. The summed E-state index contributed by atoms with van der Waals surface area (Å²) in [6.45, 7) is 0. The van der Waals surface area contributed by atoms with Gasteiger partial charge in [-0.05, 0) is 23.8 Å². The van der Waals surface area contributed by atoms with E-state index < -0.39 is 44.1 Å². The summed E-state index contributed by atoms with van der Waals surface area (Å²) in [4.78, 5) is 19.7. The molecule has 0 radical (unpaired) electrons. The molecule has 0 bridgehead atoms. The molecule has 0 saturated carbocycles. The monoisotopic (exact) mass is 342 g/mol. The van der Waals surface area contributed by atoms with Gasteiger partial charge in [0.15, 0.2) is 0 Å². The number of nitro groups is 2. The summed E-state index contributed by atoms with van der Waals surface area (Å²) in [6, 6.07) is 6.87. The van der Waals surface area contributed by atoms with Gasteiger partial charge in [-0.3, -0.25) is 20.2 Å². The van der Waals surface area contributed by atoms with Crippen molar-refractivity contribution in [3.8, 4) is 0 Å². The lowest BCUT2D eigenvalue weighted by Gasteiger charge is -2.31. The van der Waals surface area contributed by atoms with Gasteiger partial charge in [0.1, 0.15) is 0 Å². The molecule has 1 atom stereocenters. The Labute approximate surface area is 132 Å². The lowest BCUT2D eigenvalue weighted by molar-refractivity contribution is -0.388. The van der Waals surface area contributed by atoms with E-state index in [1.807, 2.05) is 0 Å². The molecule has 7 nitrogen and oxygen atoms in total. The largest absolute Gasteiger partial charge is 0.426 e. The average Bonchev–Trinajstić information content (AvgIpc) is 2.53. The molecule has 0 aromatic heterocycles. The zero-order valence-corrected chi connectivity index (χ0v) is 11.7. The molecule has 1 unspecified atom stereocenters. The molecule has 2 rings (SSSR count). The topological polar surface area (TPSA) is 107 Å². The van der Waals surface area contributed by atoms with Crippen molar-refractivity contribution in [1.82, 2.24) is 0 Å². The highest BCUT2D eigenvalue weighted by atomic mass is 19.4. The van der Waals surface area contributed by atoms with Crippen LogP contribution in [-0.4, -0.2) is 21.1 Å². The number of halogens is 3. The van der Waals surface area contributed by atoms with Crippen molar-refractivity contribution in [2.45, 2.75) is 11.8 Å². The van der Waals surface area contributed by atoms with E-state index in [1.54, 1.807) is 0 Å². The summed E-state index contributed by atoms with van der Waals surface area (Å²) in [5.74, 6) is 0. The number of nitrogens with zero attached hydrogens (tertiary/aromatic N) is 2. The SMILES string of the molecule is O=[N+]([O-])c1ccc(C(O)(c2ccccc2[N+](=O)[O-])C(F)(F)F)cc1. The Morgan fingerprint density at radius 1 is 0.875 bits per heavy atom. The minimum Gasteiger partial charge on any atom is -0.372 e. The standard InChI is InChI=1S/C14H9F3N2O5/c15-14(16,17)13(20,9-5-7-10(8-6-9)18(21)22)11-3-1-2-4-12(11)19(23)24/h1-8,20H. The molecule has 0 saturated heterocycles.